The smallest absolute Gasteiger partial charge is 0.0756 e. The third-order valence-corrected chi connectivity index (χ3v) is 3.75. The normalized spacial score (nSPS) is 10.8. The van der Waals surface area contributed by atoms with Crippen LogP contribution >= 0.6 is 12.2 Å². The summed E-state index contributed by atoms with van der Waals surface area (Å²) in [6.45, 7) is 3.23. The minimum Gasteiger partial charge on any atom is -0.380 e. The number of aromatic amines is 1. The summed E-state index contributed by atoms with van der Waals surface area (Å²) in [5.74, 6) is 0. The minimum atomic E-state index is 0.934. The van der Waals surface area contributed by atoms with Crippen LogP contribution in [-0.2, 0) is 6.42 Å². The molecule has 0 saturated heterocycles. The highest BCUT2D eigenvalue weighted by Gasteiger charge is 2.04. The fourth-order valence-corrected chi connectivity index (χ4v) is 2.48. The van der Waals surface area contributed by atoms with Crippen molar-refractivity contribution in [2.75, 3.05) is 6.54 Å². The van der Waals surface area contributed by atoms with Crippen molar-refractivity contribution < 1.29 is 0 Å². The number of thiocarbonyl (C=S) groups is 1. The molecule has 0 bridgehead atoms. The van der Waals surface area contributed by atoms with Crippen LogP contribution in [0.1, 0.15) is 38.2 Å². The van der Waals surface area contributed by atoms with Gasteiger partial charge in [0.1, 0.15) is 0 Å². The van der Waals surface area contributed by atoms with E-state index in [0.717, 1.165) is 24.4 Å². The van der Waals surface area contributed by atoms with Crippen LogP contribution in [0.4, 0.5) is 0 Å². The van der Waals surface area contributed by atoms with E-state index in [9.17, 15) is 0 Å². The van der Waals surface area contributed by atoms with Gasteiger partial charge in [0, 0.05) is 30.1 Å². The molecule has 0 spiro atoms. The monoisotopic (exact) mass is 274 g/mol. The molecule has 19 heavy (non-hydrogen) atoms. The Morgan fingerprint density at radius 2 is 2.11 bits per heavy atom. The van der Waals surface area contributed by atoms with Gasteiger partial charge in [0.05, 0.1) is 4.99 Å². The quantitative estimate of drug-likeness (QED) is 0.585. The van der Waals surface area contributed by atoms with Crippen LogP contribution in [0.15, 0.2) is 30.5 Å². The minimum absolute atomic E-state index is 0.934. The second kappa shape index (κ2) is 7.29. The number of rotatable bonds is 7. The topological polar surface area (TPSA) is 27.8 Å². The van der Waals surface area contributed by atoms with Crippen LogP contribution in [0, 0.1) is 0 Å². The van der Waals surface area contributed by atoms with Gasteiger partial charge in [-0.3, -0.25) is 0 Å². The standard InChI is InChI=1S/C16H22N2S/c1-2-3-6-11-17-16(19)10-9-13-12-18-15-8-5-4-7-14(13)15/h4-5,7-8,12,18H,2-3,6,9-11H2,1H3,(H,17,19). The predicted molar refractivity (Wildman–Crippen MR) is 86.7 cm³/mol. The third-order valence-electron chi connectivity index (χ3n) is 3.40. The molecule has 0 aliphatic rings. The Kier molecular flexibility index (Phi) is 5.40. The van der Waals surface area contributed by atoms with Crippen molar-refractivity contribution in [3.8, 4) is 0 Å². The number of H-pyrrole nitrogens is 1. The van der Waals surface area contributed by atoms with Gasteiger partial charge in [0.25, 0.3) is 0 Å². The Balaban J connectivity index is 1.80. The summed E-state index contributed by atoms with van der Waals surface area (Å²) in [6.07, 6.45) is 7.78. The molecule has 1 heterocycles. The second-order valence-corrected chi connectivity index (χ2v) is 5.41. The van der Waals surface area contributed by atoms with E-state index in [1.165, 1.54) is 35.7 Å². The van der Waals surface area contributed by atoms with Gasteiger partial charge in [-0.2, -0.15) is 0 Å². The summed E-state index contributed by atoms with van der Waals surface area (Å²) in [7, 11) is 0. The van der Waals surface area contributed by atoms with Gasteiger partial charge in [-0.15, -0.1) is 0 Å². The van der Waals surface area contributed by atoms with Crippen molar-refractivity contribution in [2.24, 2.45) is 0 Å². The van der Waals surface area contributed by atoms with Crippen molar-refractivity contribution in [3.63, 3.8) is 0 Å². The van der Waals surface area contributed by atoms with E-state index < -0.39 is 0 Å². The number of para-hydroxylation sites is 1. The first-order valence-electron chi connectivity index (χ1n) is 7.13. The van der Waals surface area contributed by atoms with Gasteiger partial charge in [0.15, 0.2) is 0 Å². The summed E-state index contributed by atoms with van der Waals surface area (Å²) in [6, 6.07) is 8.42. The summed E-state index contributed by atoms with van der Waals surface area (Å²) in [4.78, 5) is 4.30. The van der Waals surface area contributed by atoms with Crippen molar-refractivity contribution in [2.45, 2.75) is 39.0 Å². The van der Waals surface area contributed by atoms with Crippen LogP contribution < -0.4 is 5.32 Å². The highest BCUT2D eigenvalue weighted by atomic mass is 32.1. The predicted octanol–water partition coefficient (Wildman–Crippen LogP) is 4.21. The number of fused-ring (bicyclic) bond motifs is 1. The van der Waals surface area contributed by atoms with E-state index in [0.29, 0.717) is 0 Å². The van der Waals surface area contributed by atoms with E-state index in [2.05, 4.69) is 47.7 Å². The Hall–Kier alpha value is -1.35. The highest BCUT2D eigenvalue weighted by Crippen LogP contribution is 2.18. The van der Waals surface area contributed by atoms with E-state index in [4.69, 9.17) is 12.2 Å². The SMILES string of the molecule is CCCCCNC(=S)CCc1c[nH]c2ccccc12. The Morgan fingerprint density at radius 1 is 1.26 bits per heavy atom. The zero-order valence-electron chi connectivity index (χ0n) is 11.5. The lowest BCUT2D eigenvalue weighted by molar-refractivity contribution is 0.694. The van der Waals surface area contributed by atoms with Gasteiger partial charge < -0.3 is 10.3 Å². The van der Waals surface area contributed by atoms with Crippen molar-refractivity contribution >= 4 is 28.1 Å². The molecule has 0 aliphatic heterocycles. The fourth-order valence-electron chi connectivity index (χ4n) is 2.28. The molecule has 0 radical (unpaired) electrons. The lowest BCUT2D eigenvalue weighted by Crippen LogP contribution is -2.22. The average Bonchev–Trinajstić information content (AvgIpc) is 2.85. The number of benzene rings is 1. The molecule has 0 unspecified atom stereocenters. The summed E-state index contributed by atoms with van der Waals surface area (Å²) in [5, 5.41) is 4.67. The zero-order chi connectivity index (χ0) is 13.5. The summed E-state index contributed by atoms with van der Waals surface area (Å²) >= 11 is 5.38. The highest BCUT2D eigenvalue weighted by molar-refractivity contribution is 7.80. The first-order chi connectivity index (χ1) is 9.31. The van der Waals surface area contributed by atoms with Crippen LogP contribution in [0.2, 0.25) is 0 Å². The fraction of sp³-hybridized carbons (Fsp3) is 0.438. The van der Waals surface area contributed by atoms with Crippen molar-refractivity contribution in [1.29, 1.82) is 0 Å². The van der Waals surface area contributed by atoms with Crippen LogP contribution in [-0.4, -0.2) is 16.5 Å². The Bertz CT molecular complexity index is 530. The van der Waals surface area contributed by atoms with Gasteiger partial charge in [0.2, 0.25) is 0 Å². The third kappa shape index (κ3) is 4.06. The zero-order valence-corrected chi connectivity index (χ0v) is 12.4. The molecule has 1 aromatic carbocycles. The number of aromatic nitrogens is 1. The van der Waals surface area contributed by atoms with Gasteiger partial charge in [-0.1, -0.05) is 50.2 Å². The van der Waals surface area contributed by atoms with E-state index in [1.807, 2.05) is 0 Å². The molecule has 0 saturated carbocycles. The van der Waals surface area contributed by atoms with E-state index in [-0.39, 0.29) is 0 Å². The molecular weight excluding hydrogens is 252 g/mol. The van der Waals surface area contributed by atoms with E-state index >= 15 is 0 Å². The summed E-state index contributed by atoms with van der Waals surface area (Å²) < 4.78 is 0. The average molecular weight is 274 g/mol. The molecule has 0 amide bonds. The molecule has 0 atom stereocenters. The maximum atomic E-state index is 5.38. The number of unbranched alkanes of at least 4 members (excludes halogenated alkanes) is 2. The molecule has 2 aromatic rings. The molecule has 1 aromatic heterocycles. The Morgan fingerprint density at radius 3 is 2.95 bits per heavy atom. The van der Waals surface area contributed by atoms with Gasteiger partial charge in [-0.25, -0.2) is 0 Å². The Labute approximate surface area is 120 Å². The lowest BCUT2D eigenvalue weighted by Gasteiger charge is -2.07. The second-order valence-electron chi connectivity index (χ2n) is 4.92. The number of aryl methyl sites for hydroxylation is 1. The van der Waals surface area contributed by atoms with Crippen molar-refractivity contribution in [1.82, 2.24) is 10.3 Å². The van der Waals surface area contributed by atoms with Crippen LogP contribution in [0.3, 0.4) is 0 Å². The van der Waals surface area contributed by atoms with E-state index in [1.54, 1.807) is 0 Å². The first kappa shape index (κ1) is 14.1. The molecular formula is C16H22N2S. The van der Waals surface area contributed by atoms with Gasteiger partial charge >= 0.3 is 0 Å². The number of hydrogen-bond donors (Lipinski definition) is 2. The molecule has 0 aliphatic carbocycles. The largest absolute Gasteiger partial charge is 0.380 e. The molecule has 0 fully saturated rings. The molecule has 2 rings (SSSR count). The van der Waals surface area contributed by atoms with Crippen molar-refractivity contribution in [3.05, 3.63) is 36.0 Å². The number of nitrogens with one attached hydrogen (secondary N) is 2. The maximum absolute atomic E-state index is 5.38. The molecule has 2 N–H and O–H groups in total. The number of hydrogen-bond acceptors (Lipinski definition) is 1. The molecule has 3 heteroatoms. The molecule has 2 nitrogen and oxygen atoms in total. The van der Waals surface area contributed by atoms with Crippen LogP contribution in [0.5, 0.6) is 0 Å². The first-order valence-corrected chi connectivity index (χ1v) is 7.53. The van der Waals surface area contributed by atoms with Gasteiger partial charge in [-0.05, 0) is 24.5 Å². The summed E-state index contributed by atoms with van der Waals surface area (Å²) in [5.41, 5.74) is 2.56. The molecule has 102 valence electrons. The maximum Gasteiger partial charge on any atom is 0.0756 e. The van der Waals surface area contributed by atoms with Crippen LogP contribution in [0.25, 0.3) is 10.9 Å². The lowest BCUT2D eigenvalue weighted by atomic mass is 10.1.